The summed E-state index contributed by atoms with van der Waals surface area (Å²) >= 11 is 0. The maximum Gasteiger partial charge on any atom is 0.341 e. The van der Waals surface area contributed by atoms with Crippen LogP contribution in [0.5, 0.6) is 0 Å². The van der Waals surface area contributed by atoms with Gasteiger partial charge in [0.2, 0.25) is 5.89 Å². The number of aromatic carboxylic acids is 1. The lowest BCUT2D eigenvalue weighted by atomic mass is 10.2. The molecule has 2 heterocycles. The van der Waals surface area contributed by atoms with Crippen LogP contribution in [-0.4, -0.2) is 25.8 Å². The Hall–Kier alpha value is -2.44. The highest BCUT2D eigenvalue weighted by Crippen LogP contribution is 2.04. The molecule has 0 saturated heterocycles. The molecule has 0 atom stereocenters. The van der Waals surface area contributed by atoms with Crippen LogP contribution in [0.2, 0.25) is 0 Å². The smallest absolute Gasteiger partial charge is 0.341 e. The molecule has 0 bridgehead atoms. The lowest BCUT2D eigenvalue weighted by molar-refractivity contribution is 0.0694. The highest BCUT2D eigenvalue weighted by molar-refractivity contribution is 5.87. The van der Waals surface area contributed by atoms with Crippen molar-refractivity contribution in [2.45, 2.75) is 20.4 Å². The van der Waals surface area contributed by atoms with Gasteiger partial charge in [0.15, 0.2) is 11.3 Å². The first-order chi connectivity index (χ1) is 8.47. The average Bonchev–Trinajstić information content (AvgIpc) is 2.67. The van der Waals surface area contributed by atoms with Crippen molar-refractivity contribution in [1.82, 2.24) is 14.7 Å². The summed E-state index contributed by atoms with van der Waals surface area (Å²) in [7, 11) is 0. The van der Waals surface area contributed by atoms with Crippen LogP contribution < -0.4 is 5.43 Å². The Bertz CT molecular complexity index is 657. The van der Waals surface area contributed by atoms with E-state index >= 15 is 0 Å². The fourth-order valence-electron chi connectivity index (χ4n) is 1.56. The molecular formula is C11H11N3O4. The van der Waals surface area contributed by atoms with E-state index in [4.69, 9.17) is 9.63 Å². The summed E-state index contributed by atoms with van der Waals surface area (Å²) in [5, 5.41) is 12.6. The fraction of sp³-hybridized carbons (Fsp3) is 0.273. The molecule has 0 spiro atoms. The van der Waals surface area contributed by atoms with Crippen molar-refractivity contribution in [2.24, 2.45) is 0 Å². The van der Waals surface area contributed by atoms with Crippen LogP contribution in [0.1, 0.15) is 27.8 Å². The molecule has 0 aliphatic heterocycles. The van der Waals surface area contributed by atoms with E-state index in [9.17, 15) is 9.59 Å². The van der Waals surface area contributed by atoms with E-state index in [1.165, 1.54) is 12.3 Å². The summed E-state index contributed by atoms with van der Waals surface area (Å²) in [6.45, 7) is 3.63. The number of rotatable bonds is 3. The fourth-order valence-corrected chi connectivity index (χ4v) is 1.56. The summed E-state index contributed by atoms with van der Waals surface area (Å²) < 4.78 is 6.42. The van der Waals surface area contributed by atoms with Crippen molar-refractivity contribution in [1.29, 1.82) is 0 Å². The predicted molar refractivity (Wildman–Crippen MR) is 60.5 cm³/mol. The summed E-state index contributed by atoms with van der Waals surface area (Å²) in [5.41, 5.74) is -0.159. The van der Waals surface area contributed by atoms with Crippen molar-refractivity contribution >= 4 is 5.97 Å². The Morgan fingerprint density at radius 1 is 1.50 bits per heavy atom. The van der Waals surface area contributed by atoms with E-state index in [-0.39, 0.29) is 12.1 Å². The van der Waals surface area contributed by atoms with Gasteiger partial charge in [0.25, 0.3) is 0 Å². The normalized spacial score (nSPS) is 10.6. The van der Waals surface area contributed by atoms with E-state index in [1.807, 2.05) is 0 Å². The standard InChI is InChI=1S/C11H11N3O4/c1-6-3-9(15)8(11(16)17)4-14(6)5-10-12-7(2)18-13-10/h3-4H,5H2,1-2H3,(H,16,17). The van der Waals surface area contributed by atoms with E-state index in [0.717, 1.165) is 0 Å². The van der Waals surface area contributed by atoms with Crippen LogP contribution >= 0.6 is 0 Å². The summed E-state index contributed by atoms with van der Waals surface area (Å²) in [6.07, 6.45) is 1.28. The monoisotopic (exact) mass is 249 g/mol. The maximum absolute atomic E-state index is 11.4. The molecule has 0 aromatic carbocycles. The number of aromatic nitrogens is 3. The Morgan fingerprint density at radius 3 is 2.78 bits per heavy atom. The number of carboxylic acid groups (broad SMARTS) is 1. The zero-order valence-electron chi connectivity index (χ0n) is 9.88. The van der Waals surface area contributed by atoms with Crippen molar-refractivity contribution in [2.75, 3.05) is 0 Å². The minimum Gasteiger partial charge on any atom is -0.477 e. The molecule has 7 heteroatoms. The third-order valence-electron chi connectivity index (χ3n) is 2.46. The zero-order chi connectivity index (χ0) is 13.3. The molecule has 0 unspecified atom stereocenters. The number of hydrogen-bond donors (Lipinski definition) is 1. The topological polar surface area (TPSA) is 98.2 Å². The second-order valence-corrected chi connectivity index (χ2v) is 3.86. The number of carbonyl (C=O) groups is 1. The van der Waals surface area contributed by atoms with Gasteiger partial charge >= 0.3 is 5.97 Å². The van der Waals surface area contributed by atoms with Crippen LogP contribution in [0, 0.1) is 13.8 Å². The van der Waals surface area contributed by atoms with Gasteiger partial charge in [0.1, 0.15) is 5.56 Å². The Labute approximate surface area is 102 Å². The Balaban J connectivity index is 2.41. The largest absolute Gasteiger partial charge is 0.477 e. The minimum absolute atomic E-state index is 0.254. The quantitative estimate of drug-likeness (QED) is 0.855. The zero-order valence-corrected chi connectivity index (χ0v) is 9.88. The summed E-state index contributed by atoms with van der Waals surface area (Å²) in [5.74, 6) is -0.393. The van der Waals surface area contributed by atoms with E-state index in [2.05, 4.69) is 10.1 Å². The highest BCUT2D eigenvalue weighted by atomic mass is 16.5. The van der Waals surface area contributed by atoms with Gasteiger partial charge in [0, 0.05) is 24.9 Å². The molecule has 1 N–H and O–H groups in total. The minimum atomic E-state index is -1.25. The molecule has 18 heavy (non-hydrogen) atoms. The lowest BCUT2D eigenvalue weighted by Crippen LogP contribution is -2.19. The Morgan fingerprint density at radius 2 is 2.22 bits per heavy atom. The number of carboxylic acids is 1. The third kappa shape index (κ3) is 2.29. The molecule has 0 saturated carbocycles. The average molecular weight is 249 g/mol. The predicted octanol–water partition coefficient (Wildman–Crippen LogP) is 0.595. The SMILES string of the molecule is Cc1nc(Cn2cc(C(=O)O)c(=O)cc2C)no1. The van der Waals surface area contributed by atoms with Gasteiger partial charge in [-0.1, -0.05) is 5.16 Å². The van der Waals surface area contributed by atoms with Gasteiger partial charge in [0.05, 0.1) is 6.54 Å². The van der Waals surface area contributed by atoms with Gasteiger partial charge in [-0.25, -0.2) is 4.79 Å². The number of aryl methyl sites for hydroxylation is 2. The van der Waals surface area contributed by atoms with Gasteiger partial charge in [-0.3, -0.25) is 4.79 Å². The van der Waals surface area contributed by atoms with Gasteiger partial charge in [-0.15, -0.1) is 0 Å². The number of hydrogen-bond acceptors (Lipinski definition) is 5. The summed E-state index contributed by atoms with van der Waals surface area (Å²) in [6, 6.07) is 1.27. The van der Waals surface area contributed by atoms with Crippen LogP contribution in [-0.2, 0) is 6.54 Å². The van der Waals surface area contributed by atoms with E-state index < -0.39 is 11.4 Å². The first kappa shape index (κ1) is 12.0. The molecule has 0 fully saturated rings. The highest BCUT2D eigenvalue weighted by Gasteiger charge is 2.12. The Kier molecular flexibility index (Phi) is 2.97. The van der Waals surface area contributed by atoms with Crippen molar-refractivity contribution < 1.29 is 14.4 Å². The third-order valence-corrected chi connectivity index (χ3v) is 2.46. The molecular weight excluding hydrogens is 238 g/mol. The molecule has 0 amide bonds. The molecule has 2 aromatic heterocycles. The molecule has 2 aromatic rings. The van der Waals surface area contributed by atoms with E-state index in [1.54, 1.807) is 18.4 Å². The number of nitrogens with zero attached hydrogens (tertiary/aromatic N) is 3. The molecule has 0 radical (unpaired) electrons. The first-order valence-corrected chi connectivity index (χ1v) is 5.21. The van der Waals surface area contributed by atoms with Crippen LogP contribution in [0.4, 0.5) is 0 Å². The second kappa shape index (κ2) is 4.44. The molecule has 94 valence electrons. The summed E-state index contributed by atoms with van der Waals surface area (Å²) in [4.78, 5) is 26.3. The maximum atomic E-state index is 11.4. The molecule has 7 nitrogen and oxygen atoms in total. The first-order valence-electron chi connectivity index (χ1n) is 5.21. The van der Waals surface area contributed by atoms with Gasteiger partial charge in [-0.05, 0) is 6.92 Å². The number of pyridine rings is 1. The molecule has 2 rings (SSSR count). The van der Waals surface area contributed by atoms with Gasteiger partial charge in [-0.2, -0.15) is 4.98 Å². The lowest BCUT2D eigenvalue weighted by Gasteiger charge is -2.08. The van der Waals surface area contributed by atoms with Crippen molar-refractivity contribution in [3.63, 3.8) is 0 Å². The van der Waals surface area contributed by atoms with Crippen molar-refractivity contribution in [3.05, 3.63) is 45.5 Å². The van der Waals surface area contributed by atoms with Crippen molar-refractivity contribution in [3.8, 4) is 0 Å². The van der Waals surface area contributed by atoms with Gasteiger partial charge < -0.3 is 14.2 Å². The van der Waals surface area contributed by atoms with Crippen LogP contribution in [0.15, 0.2) is 21.6 Å². The second-order valence-electron chi connectivity index (χ2n) is 3.86. The van der Waals surface area contributed by atoms with Crippen LogP contribution in [0.3, 0.4) is 0 Å². The molecule has 0 aliphatic rings. The van der Waals surface area contributed by atoms with Crippen LogP contribution in [0.25, 0.3) is 0 Å². The molecule has 0 aliphatic carbocycles. The van der Waals surface area contributed by atoms with E-state index in [0.29, 0.717) is 17.4 Å².